The Balaban J connectivity index is 1.57. The van der Waals surface area contributed by atoms with Crippen LogP contribution in [0.4, 0.5) is 5.13 Å². The first kappa shape index (κ1) is 18.8. The fourth-order valence-corrected chi connectivity index (χ4v) is 2.88. The molecule has 0 saturated heterocycles. The normalized spacial score (nSPS) is 10.9. The van der Waals surface area contributed by atoms with E-state index in [0.29, 0.717) is 27.5 Å². The fourth-order valence-electron chi connectivity index (χ4n) is 2.15. The number of anilines is 1. The minimum atomic E-state index is -0.304. The van der Waals surface area contributed by atoms with Gasteiger partial charge in [0, 0.05) is 10.6 Å². The van der Waals surface area contributed by atoms with E-state index in [4.69, 9.17) is 22.1 Å². The molecule has 9 heteroatoms. The number of benzene rings is 2. The summed E-state index contributed by atoms with van der Waals surface area (Å²) in [5.74, 6) is 0.351. The monoisotopic (exact) mass is 401 g/mol. The SMILES string of the molecule is Nc1nnc(CC(=O)N/N=C/c2ccccc2OCc2ccc(Cl)cc2)s1. The van der Waals surface area contributed by atoms with E-state index in [1.165, 1.54) is 17.6 Å². The van der Waals surface area contributed by atoms with Crippen LogP contribution in [-0.4, -0.2) is 22.3 Å². The first-order chi connectivity index (χ1) is 13.1. The molecule has 3 aromatic rings. The molecule has 0 aliphatic rings. The number of aromatic nitrogens is 2. The minimum absolute atomic E-state index is 0.0704. The van der Waals surface area contributed by atoms with Crippen molar-refractivity contribution in [2.24, 2.45) is 5.10 Å². The number of nitrogen functional groups attached to an aromatic ring is 1. The quantitative estimate of drug-likeness (QED) is 0.468. The van der Waals surface area contributed by atoms with Crippen LogP contribution in [0.1, 0.15) is 16.1 Å². The van der Waals surface area contributed by atoms with E-state index >= 15 is 0 Å². The molecule has 0 aliphatic heterocycles. The van der Waals surface area contributed by atoms with E-state index in [0.717, 1.165) is 11.1 Å². The smallest absolute Gasteiger partial charge is 0.247 e. The molecule has 7 nitrogen and oxygen atoms in total. The van der Waals surface area contributed by atoms with E-state index in [1.54, 1.807) is 0 Å². The summed E-state index contributed by atoms with van der Waals surface area (Å²) in [6, 6.07) is 14.8. The topological polar surface area (TPSA) is 102 Å². The highest BCUT2D eigenvalue weighted by Crippen LogP contribution is 2.18. The van der Waals surface area contributed by atoms with Crippen LogP contribution < -0.4 is 15.9 Å². The maximum Gasteiger partial charge on any atom is 0.247 e. The first-order valence-electron chi connectivity index (χ1n) is 7.96. The van der Waals surface area contributed by atoms with Crippen LogP contribution in [0.15, 0.2) is 53.6 Å². The Kier molecular flexibility index (Phi) is 6.35. The minimum Gasteiger partial charge on any atom is -0.488 e. The second-order valence-electron chi connectivity index (χ2n) is 5.46. The molecular formula is C18H16ClN5O2S. The number of hydrogen-bond acceptors (Lipinski definition) is 7. The molecule has 3 N–H and O–H groups in total. The zero-order valence-corrected chi connectivity index (χ0v) is 15.7. The Hall–Kier alpha value is -2.97. The van der Waals surface area contributed by atoms with Crippen LogP contribution in [0.5, 0.6) is 5.75 Å². The number of carbonyl (C=O) groups excluding carboxylic acids is 1. The first-order valence-corrected chi connectivity index (χ1v) is 9.15. The Morgan fingerprint density at radius 1 is 1.22 bits per heavy atom. The Labute approximate surface area is 164 Å². The molecule has 0 aliphatic carbocycles. The average molecular weight is 402 g/mol. The number of hydrogen-bond donors (Lipinski definition) is 2. The summed E-state index contributed by atoms with van der Waals surface area (Å²) in [6.45, 7) is 0.396. The van der Waals surface area contributed by atoms with Gasteiger partial charge in [-0.1, -0.05) is 47.2 Å². The van der Waals surface area contributed by atoms with Crippen molar-refractivity contribution in [2.75, 3.05) is 5.73 Å². The highest BCUT2D eigenvalue weighted by molar-refractivity contribution is 7.15. The number of nitrogens with zero attached hydrogens (tertiary/aromatic N) is 3. The third-order valence-corrected chi connectivity index (χ3v) is 4.42. The summed E-state index contributed by atoms with van der Waals surface area (Å²) in [5, 5.41) is 13.0. The number of amides is 1. The third-order valence-electron chi connectivity index (χ3n) is 3.41. The van der Waals surface area contributed by atoms with Gasteiger partial charge < -0.3 is 10.5 Å². The van der Waals surface area contributed by atoms with Gasteiger partial charge in [-0.05, 0) is 29.8 Å². The molecule has 27 heavy (non-hydrogen) atoms. The highest BCUT2D eigenvalue weighted by Gasteiger charge is 2.07. The van der Waals surface area contributed by atoms with Crippen molar-refractivity contribution in [2.45, 2.75) is 13.0 Å². The van der Waals surface area contributed by atoms with Crippen molar-refractivity contribution < 1.29 is 9.53 Å². The molecular weight excluding hydrogens is 386 g/mol. The van der Waals surface area contributed by atoms with E-state index in [9.17, 15) is 4.79 Å². The van der Waals surface area contributed by atoms with E-state index in [1.807, 2.05) is 48.5 Å². The van der Waals surface area contributed by atoms with Crippen LogP contribution in [0.2, 0.25) is 5.02 Å². The average Bonchev–Trinajstić information content (AvgIpc) is 3.07. The molecule has 0 saturated carbocycles. The molecule has 1 aromatic heterocycles. The maximum absolute atomic E-state index is 11.9. The summed E-state index contributed by atoms with van der Waals surface area (Å²) in [7, 11) is 0. The van der Waals surface area contributed by atoms with Gasteiger partial charge in [0.1, 0.15) is 17.4 Å². The number of nitrogens with one attached hydrogen (secondary N) is 1. The Morgan fingerprint density at radius 3 is 2.74 bits per heavy atom. The third kappa shape index (κ3) is 5.77. The number of para-hydroxylation sites is 1. The number of nitrogens with two attached hydrogens (primary N) is 1. The summed E-state index contributed by atoms with van der Waals surface area (Å²) in [5.41, 5.74) is 9.68. The maximum atomic E-state index is 11.9. The van der Waals surface area contributed by atoms with E-state index < -0.39 is 0 Å². The standard InChI is InChI=1S/C18H16ClN5O2S/c19-14-7-5-12(6-8-14)11-26-15-4-2-1-3-13(15)10-21-22-16(25)9-17-23-24-18(20)27-17/h1-8,10H,9,11H2,(H2,20,24)(H,22,25)/b21-10+. The number of ether oxygens (including phenoxy) is 1. The van der Waals surface area contributed by atoms with E-state index in [2.05, 4.69) is 20.7 Å². The lowest BCUT2D eigenvalue weighted by Gasteiger charge is -2.09. The molecule has 0 unspecified atom stereocenters. The van der Waals surface area contributed by atoms with Gasteiger partial charge in [0.25, 0.3) is 0 Å². The lowest BCUT2D eigenvalue weighted by molar-refractivity contribution is -0.120. The molecule has 3 rings (SSSR count). The van der Waals surface area contributed by atoms with Crippen molar-refractivity contribution in [1.82, 2.24) is 15.6 Å². The van der Waals surface area contributed by atoms with Crippen LogP contribution in [-0.2, 0) is 17.8 Å². The van der Waals surface area contributed by atoms with Gasteiger partial charge in [-0.15, -0.1) is 10.2 Å². The van der Waals surface area contributed by atoms with Gasteiger partial charge in [-0.2, -0.15) is 5.10 Å². The number of hydrazone groups is 1. The largest absolute Gasteiger partial charge is 0.488 e. The second kappa shape index (κ2) is 9.11. The summed E-state index contributed by atoms with van der Waals surface area (Å²) in [4.78, 5) is 11.9. The summed E-state index contributed by atoms with van der Waals surface area (Å²) in [6.07, 6.45) is 1.60. The molecule has 0 radical (unpaired) electrons. The van der Waals surface area contributed by atoms with Crippen LogP contribution in [0.3, 0.4) is 0 Å². The van der Waals surface area contributed by atoms with Crippen molar-refractivity contribution in [3.8, 4) is 5.75 Å². The summed E-state index contributed by atoms with van der Waals surface area (Å²) >= 11 is 7.05. The molecule has 0 spiro atoms. The van der Waals surface area contributed by atoms with Gasteiger partial charge in [0.2, 0.25) is 11.0 Å². The lowest BCUT2D eigenvalue weighted by Crippen LogP contribution is -2.19. The van der Waals surface area contributed by atoms with Gasteiger partial charge in [0.15, 0.2) is 0 Å². The zero-order valence-electron chi connectivity index (χ0n) is 14.1. The molecule has 138 valence electrons. The predicted octanol–water partition coefficient (Wildman–Crippen LogP) is 3.05. The lowest BCUT2D eigenvalue weighted by atomic mass is 10.2. The Morgan fingerprint density at radius 2 is 2.00 bits per heavy atom. The number of halogens is 1. The van der Waals surface area contributed by atoms with Crippen molar-refractivity contribution >= 4 is 40.2 Å². The van der Waals surface area contributed by atoms with Crippen molar-refractivity contribution in [3.05, 3.63) is 69.7 Å². The zero-order chi connectivity index (χ0) is 19.1. The molecule has 2 aromatic carbocycles. The van der Waals surface area contributed by atoms with Crippen molar-refractivity contribution in [3.63, 3.8) is 0 Å². The van der Waals surface area contributed by atoms with Crippen molar-refractivity contribution in [1.29, 1.82) is 0 Å². The van der Waals surface area contributed by atoms with Crippen LogP contribution in [0.25, 0.3) is 0 Å². The van der Waals surface area contributed by atoms with Gasteiger partial charge >= 0.3 is 0 Å². The van der Waals surface area contributed by atoms with E-state index in [-0.39, 0.29) is 12.3 Å². The Bertz CT molecular complexity index is 943. The molecule has 0 bridgehead atoms. The van der Waals surface area contributed by atoms with Crippen LogP contribution >= 0.6 is 22.9 Å². The molecule has 1 amide bonds. The molecule has 0 fully saturated rings. The molecule has 1 heterocycles. The highest BCUT2D eigenvalue weighted by atomic mass is 35.5. The second-order valence-corrected chi connectivity index (χ2v) is 6.99. The number of carbonyl (C=O) groups is 1. The van der Waals surface area contributed by atoms with Crippen LogP contribution in [0, 0.1) is 0 Å². The molecule has 0 atom stereocenters. The number of rotatable bonds is 7. The van der Waals surface area contributed by atoms with Gasteiger partial charge in [-0.3, -0.25) is 4.79 Å². The predicted molar refractivity (Wildman–Crippen MR) is 106 cm³/mol. The fraction of sp³-hybridized carbons (Fsp3) is 0.111. The van der Waals surface area contributed by atoms with Gasteiger partial charge in [-0.25, -0.2) is 5.43 Å². The summed E-state index contributed by atoms with van der Waals surface area (Å²) < 4.78 is 5.84. The van der Waals surface area contributed by atoms with Gasteiger partial charge in [0.05, 0.1) is 12.6 Å².